The van der Waals surface area contributed by atoms with Crippen molar-refractivity contribution in [1.29, 1.82) is 5.26 Å². The molecule has 0 aliphatic rings. The highest BCUT2D eigenvalue weighted by atomic mass is 127. The number of hydrazone groups is 1. The lowest BCUT2D eigenvalue weighted by Crippen LogP contribution is -2.20. The number of thiazole rings is 1. The number of carbonyl (C=O) groups excluding carboxylic acids is 1. The first kappa shape index (κ1) is 26.2. The third-order valence-corrected chi connectivity index (χ3v) is 5.88. The molecule has 0 aliphatic heterocycles. The van der Waals surface area contributed by atoms with Gasteiger partial charge in [0.15, 0.2) is 23.2 Å². The Morgan fingerprint density at radius 1 is 1.34 bits per heavy atom. The second-order valence-corrected chi connectivity index (χ2v) is 8.82. The molecule has 0 bridgehead atoms. The van der Waals surface area contributed by atoms with Gasteiger partial charge in [-0.1, -0.05) is 6.07 Å². The number of nitriles is 1. The van der Waals surface area contributed by atoms with Crippen LogP contribution in [0.5, 0.6) is 11.5 Å². The molecule has 0 saturated heterocycles. The van der Waals surface area contributed by atoms with Crippen LogP contribution in [-0.4, -0.2) is 30.8 Å². The average molecular weight is 615 g/mol. The summed E-state index contributed by atoms with van der Waals surface area (Å²) in [6, 6.07) is 10.1. The van der Waals surface area contributed by atoms with Crippen molar-refractivity contribution >= 4 is 56.9 Å². The standard InChI is InChI=1S/C22H17F3IN5O3S/c1-33-18-8-13(7-17(26)20(18)34-6-5-27)11-28-31-19(32)10-16-12-35-21(30-16)29-15-4-2-3-14(9-15)22(23,24)25/h2-4,7-9,11-12H,6,10H2,1H3,(H,29,30)(H,31,32)/b28-11-. The molecule has 2 aromatic carbocycles. The van der Waals surface area contributed by atoms with Crippen LogP contribution in [-0.2, 0) is 17.4 Å². The van der Waals surface area contributed by atoms with Crippen LogP contribution < -0.4 is 20.2 Å². The summed E-state index contributed by atoms with van der Waals surface area (Å²) >= 11 is 3.20. The molecule has 3 aromatic rings. The van der Waals surface area contributed by atoms with Crippen molar-refractivity contribution in [3.63, 3.8) is 0 Å². The van der Waals surface area contributed by atoms with Gasteiger partial charge < -0.3 is 14.8 Å². The van der Waals surface area contributed by atoms with E-state index in [2.05, 4.69) is 20.8 Å². The van der Waals surface area contributed by atoms with Crippen LogP contribution in [0.15, 0.2) is 46.9 Å². The number of alkyl halides is 3. The minimum absolute atomic E-state index is 0.0695. The molecule has 8 nitrogen and oxygen atoms in total. The number of anilines is 2. The number of hydrogen-bond acceptors (Lipinski definition) is 8. The van der Waals surface area contributed by atoms with Gasteiger partial charge in [-0.25, -0.2) is 10.4 Å². The van der Waals surface area contributed by atoms with Crippen molar-refractivity contribution in [1.82, 2.24) is 10.4 Å². The largest absolute Gasteiger partial charge is 0.493 e. The monoisotopic (exact) mass is 615 g/mol. The molecule has 2 N–H and O–H groups in total. The van der Waals surface area contributed by atoms with Gasteiger partial charge in [-0.05, 0) is 58.5 Å². The number of ether oxygens (including phenoxy) is 2. The van der Waals surface area contributed by atoms with E-state index in [1.54, 1.807) is 17.5 Å². The number of carbonyl (C=O) groups is 1. The number of rotatable bonds is 9. The van der Waals surface area contributed by atoms with Crippen molar-refractivity contribution in [2.75, 3.05) is 19.0 Å². The minimum Gasteiger partial charge on any atom is -0.493 e. The summed E-state index contributed by atoms with van der Waals surface area (Å²) in [6.07, 6.45) is -3.08. The smallest absolute Gasteiger partial charge is 0.416 e. The lowest BCUT2D eigenvalue weighted by atomic mass is 10.2. The Labute approximate surface area is 215 Å². The van der Waals surface area contributed by atoms with Crippen molar-refractivity contribution in [2.45, 2.75) is 12.6 Å². The van der Waals surface area contributed by atoms with Gasteiger partial charge in [0.1, 0.15) is 6.07 Å². The summed E-state index contributed by atoms with van der Waals surface area (Å²) in [7, 11) is 1.47. The van der Waals surface area contributed by atoms with Crippen LogP contribution in [0.1, 0.15) is 16.8 Å². The maximum absolute atomic E-state index is 12.9. The number of nitrogens with one attached hydrogen (secondary N) is 2. The second kappa shape index (κ2) is 11.8. The third-order valence-electron chi connectivity index (χ3n) is 4.27. The zero-order chi connectivity index (χ0) is 25.4. The fourth-order valence-electron chi connectivity index (χ4n) is 2.78. The topological polar surface area (TPSA) is 109 Å². The van der Waals surface area contributed by atoms with E-state index in [9.17, 15) is 18.0 Å². The van der Waals surface area contributed by atoms with E-state index < -0.39 is 17.6 Å². The van der Waals surface area contributed by atoms with E-state index in [0.717, 1.165) is 23.5 Å². The Kier molecular flexibility index (Phi) is 8.88. The van der Waals surface area contributed by atoms with Gasteiger partial charge in [0.2, 0.25) is 5.91 Å². The first-order valence-corrected chi connectivity index (χ1v) is 11.7. The molecule has 1 amide bonds. The van der Waals surface area contributed by atoms with Crippen LogP contribution >= 0.6 is 33.9 Å². The molecule has 1 aromatic heterocycles. The van der Waals surface area contributed by atoms with E-state index in [0.29, 0.717) is 31.5 Å². The predicted molar refractivity (Wildman–Crippen MR) is 133 cm³/mol. The van der Waals surface area contributed by atoms with Crippen molar-refractivity contribution in [3.8, 4) is 17.6 Å². The number of halogens is 4. The van der Waals surface area contributed by atoms with Gasteiger partial charge in [0, 0.05) is 11.1 Å². The van der Waals surface area contributed by atoms with Crippen LogP contribution in [0.4, 0.5) is 24.0 Å². The molecule has 0 spiro atoms. The van der Waals surface area contributed by atoms with E-state index in [1.165, 1.54) is 25.5 Å². The summed E-state index contributed by atoms with van der Waals surface area (Å²) in [5.41, 5.74) is 2.94. The molecule has 0 unspecified atom stereocenters. The quantitative estimate of drug-likeness (QED) is 0.197. The van der Waals surface area contributed by atoms with Crippen molar-refractivity contribution < 1.29 is 27.4 Å². The molecule has 0 atom stereocenters. The molecule has 182 valence electrons. The van der Waals surface area contributed by atoms with Crippen molar-refractivity contribution in [3.05, 3.63) is 62.2 Å². The van der Waals surface area contributed by atoms with Gasteiger partial charge in [0.05, 0.1) is 34.6 Å². The summed E-state index contributed by atoms with van der Waals surface area (Å²) in [5, 5.41) is 17.4. The minimum atomic E-state index is -4.44. The van der Waals surface area contributed by atoms with Gasteiger partial charge in [-0.3, -0.25) is 4.79 Å². The summed E-state index contributed by atoms with van der Waals surface area (Å²) < 4.78 is 49.9. The molecule has 13 heteroatoms. The molecule has 0 saturated carbocycles. The number of methoxy groups -OCH3 is 1. The third kappa shape index (κ3) is 7.55. The van der Waals surface area contributed by atoms with Gasteiger partial charge >= 0.3 is 6.18 Å². The van der Waals surface area contributed by atoms with Gasteiger partial charge in [0.25, 0.3) is 0 Å². The van der Waals surface area contributed by atoms with Crippen LogP contribution in [0.2, 0.25) is 0 Å². The van der Waals surface area contributed by atoms with Crippen LogP contribution in [0.3, 0.4) is 0 Å². The molecular weight excluding hydrogens is 598 g/mol. The number of nitrogens with zero attached hydrogens (tertiary/aromatic N) is 3. The van der Waals surface area contributed by atoms with Gasteiger partial charge in [-0.15, -0.1) is 11.3 Å². The lowest BCUT2D eigenvalue weighted by molar-refractivity contribution is -0.137. The molecule has 0 radical (unpaired) electrons. The van der Waals surface area contributed by atoms with Crippen LogP contribution in [0, 0.1) is 14.9 Å². The number of aromatic nitrogens is 1. The Bertz CT molecular complexity index is 1270. The molecule has 0 aliphatic carbocycles. The molecular formula is C22H17F3IN5O3S. The molecule has 3 rings (SSSR count). The lowest BCUT2D eigenvalue weighted by Gasteiger charge is -2.11. The fraction of sp³-hybridized carbons (Fsp3) is 0.182. The Hall–Kier alpha value is -3.38. The average Bonchev–Trinajstić information content (AvgIpc) is 3.24. The Balaban J connectivity index is 1.57. The Morgan fingerprint density at radius 2 is 2.14 bits per heavy atom. The number of amides is 1. The molecule has 35 heavy (non-hydrogen) atoms. The first-order valence-electron chi connectivity index (χ1n) is 9.77. The normalized spacial score (nSPS) is 11.2. The van der Waals surface area contributed by atoms with E-state index in [1.807, 2.05) is 28.7 Å². The van der Waals surface area contributed by atoms with Gasteiger partial charge in [-0.2, -0.15) is 23.5 Å². The highest BCUT2D eigenvalue weighted by Gasteiger charge is 2.30. The fourth-order valence-corrected chi connectivity index (χ4v) is 4.30. The molecule has 1 heterocycles. The van der Waals surface area contributed by atoms with E-state index in [4.69, 9.17) is 14.7 Å². The summed E-state index contributed by atoms with van der Waals surface area (Å²) in [6.45, 7) is -0.121. The highest BCUT2D eigenvalue weighted by molar-refractivity contribution is 14.1. The maximum atomic E-state index is 12.9. The van der Waals surface area contributed by atoms with E-state index in [-0.39, 0.29) is 18.7 Å². The zero-order valence-corrected chi connectivity index (χ0v) is 21.0. The SMILES string of the molecule is COc1cc(/C=N\NC(=O)Cc2csc(Nc3cccc(C(F)(F)F)c3)n2)cc(I)c1OCC#N. The van der Waals surface area contributed by atoms with Crippen LogP contribution in [0.25, 0.3) is 0 Å². The zero-order valence-electron chi connectivity index (χ0n) is 18.0. The predicted octanol–water partition coefficient (Wildman–Crippen LogP) is 5.11. The van der Waals surface area contributed by atoms with E-state index >= 15 is 0 Å². The maximum Gasteiger partial charge on any atom is 0.416 e. The second-order valence-electron chi connectivity index (χ2n) is 6.80. The molecule has 0 fully saturated rings. The first-order chi connectivity index (χ1) is 16.7. The highest BCUT2D eigenvalue weighted by Crippen LogP contribution is 2.34. The van der Waals surface area contributed by atoms with Crippen molar-refractivity contribution in [2.24, 2.45) is 5.10 Å². The Morgan fingerprint density at radius 3 is 2.86 bits per heavy atom. The summed E-state index contributed by atoms with van der Waals surface area (Å²) in [5.74, 6) is 0.435. The number of benzene rings is 2. The summed E-state index contributed by atoms with van der Waals surface area (Å²) in [4.78, 5) is 16.4. The number of hydrogen-bond donors (Lipinski definition) is 2.